The molecule has 0 unspecified atom stereocenters. The van der Waals surface area contributed by atoms with Gasteiger partial charge in [-0.05, 0) is 30.0 Å². The van der Waals surface area contributed by atoms with Crippen molar-refractivity contribution in [2.45, 2.75) is 0 Å². The standard InChI is InChI=1S/C14H18O5S/c1-17-11-8-10(4-5-13(15)16)9-12(18-2)14(11)19-6-7-20-3/h4-5,8-9H,6-7H2,1-3H3,(H,15,16)/b5-4+. The molecule has 1 aromatic carbocycles. The molecule has 5 nitrogen and oxygen atoms in total. The van der Waals surface area contributed by atoms with E-state index < -0.39 is 5.97 Å². The van der Waals surface area contributed by atoms with Gasteiger partial charge in [0.1, 0.15) is 0 Å². The lowest BCUT2D eigenvalue weighted by atomic mass is 10.1. The van der Waals surface area contributed by atoms with Crippen molar-refractivity contribution < 1.29 is 24.1 Å². The average Bonchev–Trinajstić information content (AvgIpc) is 2.45. The van der Waals surface area contributed by atoms with E-state index in [0.29, 0.717) is 29.4 Å². The molecule has 0 saturated heterocycles. The van der Waals surface area contributed by atoms with Crippen molar-refractivity contribution in [2.24, 2.45) is 0 Å². The minimum absolute atomic E-state index is 0.510. The van der Waals surface area contributed by atoms with Crippen LogP contribution in [0.3, 0.4) is 0 Å². The van der Waals surface area contributed by atoms with Gasteiger partial charge in [0, 0.05) is 11.8 Å². The van der Waals surface area contributed by atoms with Crippen LogP contribution in [0, 0.1) is 0 Å². The third kappa shape index (κ3) is 4.70. The Morgan fingerprint density at radius 3 is 2.35 bits per heavy atom. The highest BCUT2D eigenvalue weighted by atomic mass is 32.2. The van der Waals surface area contributed by atoms with Crippen molar-refractivity contribution in [1.82, 2.24) is 0 Å². The first-order chi connectivity index (χ1) is 9.62. The molecule has 1 N–H and O–H groups in total. The van der Waals surface area contributed by atoms with E-state index in [9.17, 15) is 4.79 Å². The molecule has 0 heterocycles. The predicted octanol–water partition coefficient (Wildman–Crippen LogP) is 2.54. The first-order valence-electron chi connectivity index (χ1n) is 5.91. The Balaban J connectivity index is 3.07. The first-order valence-corrected chi connectivity index (χ1v) is 7.30. The quantitative estimate of drug-likeness (QED) is 0.588. The van der Waals surface area contributed by atoms with Gasteiger partial charge in [-0.15, -0.1) is 0 Å². The number of rotatable bonds is 8. The largest absolute Gasteiger partial charge is 0.493 e. The molecule has 0 aromatic heterocycles. The topological polar surface area (TPSA) is 65.0 Å². The summed E-state index contributed by atoms with van der Waals surface area (Å²) in [6.45, 7) is 0.540. The summed E-state index contributed by atoms with van der Waals surface area (Å²) in [4.78, 5) is 10.5. The summed E-state index contributed by atoms with van der Waals surface area (Å²) in [5, 5.41) is 8.65. The van der Waals surface area contributed by atoms with Crippen LogP contribution in [0.25, 0.3) is 6.08 Å². The van der Waals surface area contributed by atoms with Crippen molar-refractivity contribution in [1.29, 1.82) is 0 Å². The molecule has 0 bridgehead atoms. The fourth-order valence-electron chi connectivity index (χ4n) is 1.53. The van der Waals surface area contributed by atoms with Gasteiger partial charge in [-0.3, -0.25) is 0 Å². The Bertz CT molecular complexity index is 459. The van der Waals surface area contributed by atoms with Gasteiger partial charge < -0.3 is 19.3 Å². The van der Waals surface area contributed by atoms with Crippen LogP contribution in [0.4, 0.5) is 0 Å². The molecule has 0 amide bonds. The van der Waals surface area contributed by atoms with E-state index in [2.05, 4.69) is 0 Å². The zero-order valence-corrected chi connectivity index (χ0v) is 12.5. The number of aliphatic carboxylic acids is 1. The number of carbonyl (C=O) groups is 1. The van der Waals surface area contributed by atoms with Gasteiger partial charge in [0.05, 0.1) is 20.8 Å². The Morgan fingerprint density at radius 2 is 1.90 bits per heavy atom. The van der Waals surface area contributed by atoms with E-state index >= 15 is 0 Å². The first kappa shape index (κ1) is 16.2. The monoisotopic (exact) mass is 298 g/mol. The van der Waals surface area contributed by atoms with Crippen LogP contribution in [0.1, 0.15) is 5.56 Å². The summed E-state index contributed by atoms with van der Waals surface area (Å²) in [6.07, 6.45) is 4.53. The fourth-order valence-corrected chi connectivity index (χ4v) is 1.78. The van der Waals surface area contributed by atoms with Crippen molar-refractivity contribution in [3.63, 3.8) is 0 Å². The van der Waals surface area contributed by atoms with Crippen molar-refractivity contribution in [2.75, 3.05) is 32.8 Å². The molecule has 1 rings (SSSR count). The minimum atomic E-state index is -1.01. The fraction of sp³-hybridized carbons (Fsp3) is 0.357. The number of hydrogen-bond acceptors (Lipinski definition) is 5. The molecule has 110 valence electrons. The van der Waals surface area contributed by atoms with E-state index in [4.69, 9.17) is 19.3 Å². The van der Waals surface area contributed by atoms with Gasteiger partial charge in [0.15, 0.2) is 11.5 Å². The SMILES string of the molecule is COc1cc(/C=C/C(=O)O)cc(OC)c1OCCSC. The molecule has 0 aliphatic rings. The van der Waals surface area contributed by atoms with E-state index in [0.717, 1.165) is 11.8 Å². The molecule has 6 heteroatoms. The number of hydrogen-bond donors (Lipinski definition) is 1. The van der Waals surface area contributed by atoms with Crippen molar-refractivity contribution in [3.05, 3.63) is 23.8 Å². The van der Waals surface area contributed by atoms with Crippen LogP contribution >= 0.6 is 11.8 Å². The number of benzene rings is 1. The molecular formula is C14H18O5S. The van der Waals surface area contributed by atoms with Crippen LogP contribution in [0.5, 0.6) is 17.2 Å². The highest BCUT2D eigenvalue weighted by molar-refractivity contribution is 7.98. The third-order valence-electron chi connectivity index (χ3n) is 2.44. The lowest BCUT2D eigenvalue weighted by Crippen LogP contribution is -2.03. The van der Waals surface area contributed by atoms with Gasteiger partial charge in [-0.2, -0.15) is 11.8 Å². The highest BCUT2D eigenvalue weighted by Crippen LogP contribution is 2.38. The second-order valence-electron chi connectivity index (χ2n) is 3.77. The van der Waals surface area contributed by atoms with E-state index in [1.807, 2.05) is 6.26 Å². The maximum absolute atomic E-state index is 10.5. The van der Waals surface area contributed by atoms with Gasteiger partial charge in [-0.25, -0.2) is 4.79 Å². The molecule has 1 aromatic rings. The number of carboxylic acids is 1. The Morgan fingerprint density at radius 1 is 1.30 bits per heavy atom. The Hall–Kier alpha value is -1.82. The second-order valence-corrected chi connectivity index (χ2v) is 4.75. The highest BCUT2D eigenvalue weighted by Gasteiger charge is 2.13. The van der Waals surface area contributed by atoms with Gasteiger partial charge >= 0.3 is 5.97 Å². The minimum Gasteiger partial charge on any atom is -0.493 e. The van der Waals surface area contributed by atoms with E-state index in [1.54, 1.807) is 23.9 Å². The van der Waals surface area contributed by atoms with E-state index in [-0.39, 0.29) is 0 Å². The van der Waals surface area contributed by atoms with E-state index in [1.165, 1.54) is 20.3 Å². The summed E-state index contributed by atoms with van der Waals surface area (Å²) in [7, 11) is 3.06. The molecule has 0 saturated carbocycles. The molecule has 0 aliphatic heterocycles. The maximum atomic E-state index is 10.5. The Labute approximate surface area is 122 Å². The summed E-state index contributed by atoms with van der Waals surface area (Å²) >= 11 is 1.68. The molecule has 0 fully saturated rings. The van der Waals surface area contributed by atoms with Crippen LogP contribution in [-0.2, 0) is 4.79 Å². The van der Waals surface area contributed by atoms with Crippen LogP contribution in [-0.4, -0.2) is 43.9 Å². The predicted molar refractivity (Wildman–Crippen MR) is 80.1 cm³/mol. The van der Waals surface area contributed by atoms with Gasteiger partial charge in [0.25, 0.3) is 0 Å². The van der Waals surface area contributed by atoms with Gasteiger partial charge in [0.2, 0.25) is 5.75 Å². The maximum Gasteiger partial charge on any atom is 0.328 e. The van der Waals surface area contributed by atoms with Crippen LogP contribution in [0.15, 0.2) is 18.2 Å². The normalized spacial score (nSPS) is 10.6. The third-order valence-corrected chi connectivity index (χ3v) is 3.01. The smallest absolute Gasteiger partial charge is 0.328 e. The summed E-state index contributed by atoms with van der Waals surface area (Å²) in [5.74, 6) is 1.39. The summed E-state index contributed by atoms with van der Waals surface area (Å²) in [6, 6.07) is 3.41. The molecule has 0 radical (unpaired) electrons. The Kier molecular flexibility index (Phi) is 6.79. The number of carboxylic acid groups (broad SMARTS) is 1. The molecule has 20 heavy (non-hydrogen) atoms. The van der Waals surface area contributed by atoms with Crippen molar-refractivity contribution in [3.8, 4) is 17.2 Å². The summed E-state index contributed by atoms with van der Waals surface area (Å²) < 4.78 is 16.2. The zero-order chi connectivity index (χ0) is 15.0. The lowest BCUT2D eigenvalue weighted by Gasteiger charge is -2.15. The summed E-state index contributed by atoms with van der Waals surface area (Å²) in [5.41, 5.74) is 0.665. The number of ether oxygens (including phenoxy) is 3. The number of methoxy groups -OCH3 is 2. The zero-order valence-electron chi connectivity index (χ0n) is 11.7. The van der Waals surface area contributed by atoms with Gasteiger partial charge in [-0.1, -0.05) is 0 Å². The lowest BCUT2D eigenvalue weighted by molar-refractivity contribution is -0.131. The van der Waals surface area contributed by atoms with Crippen LogP contribution in [0.2, 0.25) is 0 Å². The molecular weight excluding hydrogens is 280 g/mol. The molecule has 0 spiro atoms. The average molecular weight is 298 g/mol. The number of thioether (sulfide) groups is 1. The van der Waals surface area contributed by atoms with Crippen molar-refractivity contribution >= 4 is 23.8 Å². The molecule has 0 aliphatic carbocycles. The second kappa shape index (κ2) is 8.37. The molecule has 0 atom stereocenters. The van der Waals surface area contributed by atoms with Crippen LogP contribution < -0.4 is 14.2 Å².